The number of carbonyl (C=O) groups excluding carboxylic acids is 1. The van der Waals surface area contributed by atoms with Gasteiger partial charge in [0, 0.05) is 20.6 Å². The zero-order valence-electron chi connectivity index (χ0n) is 10.1. The minimum Gasteiger partial charge on any atom is -0.481 e. The van der Waals surface area contributed by atoms with Gasteiger partial charge in [0.05, 0.1) is 19.2 Å². The van der Waals surface area contributed by atoms with E-state index >= 15 is 0 Å². The molecule has 1 aromatic carbocycles. The molecule has 0 radical (unpaired) electrons. The molecule has 0 unspecified atom stereocenters. The molecule has 0 saturated heterocycles. The molecular formula is C13H10Br2N2O2. The maximum atomic E-state index is 12.2. The summed E-state index contributed by atoms with van der Waals surface area (Å²) in [5.74, 6) is 0.438. The lowest BCUT2D eigenvalue weighted by Gasteiger charge is -2.05. The van der Waals surface area contributed by atoms with Crippen molar-refractivity contribution in [2.75, 3.05) is 7.11 Å². The molecule has 1 heterocycles. The predicted molar refractivity (Wildman–Crippen MR) is 78.5 cm³/mol. The van der Waals surface area contributed by atoms with Crippen molar-refractivity contribution in [1.82, 2.24) is 9.97 Å². The number of methoxy groups -OCH3 is 1. The zero-order chi connectivity index (χ0) is 13.8. The first kappa shape index (κ1) is 14.1. The van der Waals surface area contributed by atoms with Crippen LogP contribution in [0.25, 0.3) is 0 Å². The summed E-state index contributed by atoms with van der Waals surface area (Å²) in [6.45, 7) is 0. The fraction of sp³-hybridized carbons (Fsp3) is 0.154. The van der Waals surface area contributed by atoms with Crippen molar-refractivity contribution in [2.24, 2.45) is 0 Å². The number of Topliss-reactive ketones (excluding diaryl/α,β-unsaturated/α-hetero) is 1. The van der Waals surface area contributed by atoms with E-state index < -0.39 is 0 Å². The molecule has 0 N–H and O–H groups in total. The Morgan fingerprint density at radius 2 is 2.05 bits per heavy atom. The Morgan fingerprint density at radius 3 is 2.74 bits per heavy atom. The Labute approximate surface area is 127 Å². The lowest BCUT2D eigenvalue weighted by atomic mass is 10.1. The SMILES string of the molecule is COc1cc(CC(=O)c2ccc(Br)cc2Br)ncn1. The highest BCUT2D eigenvalue weighted by Crippen LogP contribution is 2.23. The largest absolute Gasteiger partial charge is 0.481 e. The third-order valence-corrected chi connectivity index (χ3v) is 3.63. The summed E-state index contributed by atoms with van der Waals surface area (Å²) in [5, 5.41) is 0. The molecule has 1 aromatic heterocycles. The number of ether oxygens (including phenoxy) is 1. The molecule has 2 aromatic rings. The van der Waals surface area contributed by atoms with Crippen LogP contribution in [-0.2, 0) is 6.42 Å². The fourth-order valence-corrected chi connectivity index (χ4v) is 2.83. The van der Waals surface area contributed by atoms with Gasteiger partial charge in [-0.05, 0) is 18.2 Å². The van der Waals surface area contributed by atoms with Crippen LogP contribution in [0.4, 0.5) is 0 Å². The molecule has 98 valence electrons. The number of benzene rings is 1. The number of aromatic nitrogens is 2. The maximum absolute atomic E-state index is 12.2. The highest BCUT2D eigenvalue weighted by molar-refractivity contribution is 9.11. The molecule has 0 saturated carbocycles. The summed E-state index contributed by atoms with van der Waals surface area (Å²) in [5.41, 5.74) is 1.26. The van der Waals surface area contributed by atoms with Crippen LogP contribution in [0.2, 0.25) is 0 Å². The molecule has 0 aliphatic heterocycles. The molecule has 0 atom stereocenters. The number of carbonyl (C=O) groups is 1. The fourth-order valence-electron chi connectivity index (χ4n) is 1.56. The van der Waals surface area contributed by atoms with E-state index in [1.54, 1.807) is 12.1 Å². The van der Waals surface area contributed by atoms with Gasteiger partial charge in [-0.2, -0.15) is 0 Å². The summed E-state index contributed by atoms with van der Waals surface area (Å²) < 4.78 is 6.68. The summed E-state index contributed by atoms with van der Waals surface area (Å²) in [7, 11) is 1.53. The average Bonchev–Trinajstić information content (AvgIpc) is 2.38. The number of rotatable bonds is 4. The first-order valence-electron chi connectivity index (χ1n) is 5.43. The Kier molecular flexibility index (Phi) is 4.66. The third-order valence-electron chi connectivity index (χ3n) is 2.48. The second kappa shape index (κ2) is 6.25. The van der Waals surface area contributed by atoms with Crippen LogP contribution in [0, 0.1) is 0 Å². The number of hydrogen-bond donors (Lipinski definition) is 0. The Balaban J connectivity index is 2.20. The number of halogens is 2. The van der Waals surface area contributed by atoms with Crippen LogP contribution in [-0.4, -0.2) is 22.9 Å². The highest BCUT2D eigenvalue weighted by Gasteiger charge is 2.12. The molecule has 0 bridgehead atoms. The summed E-state index contributed by atoms with van der Waals surface area (Å²) in [6, 6.07) is 7.10. The molecule has 0 fully saturated rings. The van der Waals surface area contributed by atoms with E-state index in [2.05, 4.69) is 41.8 Å². The topological polar surface area (TPSA) is 52.1 Å². The first-order chi connectivity index (χ1) is 9.10. The standard InChI is InChI=1S/C13H10Br2N2O2/c1-19-13-6-9(16-7-17-13)5-12(18)10-3-2-8(14)4-11(10)15/h2-4,6-7H,5H2,1H3. The van der Waals surface area contributed by atoms with Gasteiger partial charge in [0.15, 0.2) is 5.78 Å². The lowest BCUT2D eigenvalue weighted by Crippen LogP contribution is -2.06. The smallest absolute Gasteiger partial charge is 0.216 e. The lowest BCUT2D eigenvalue weighted by molar-refractivity contribution is 0.0991. The molecule has 4 nitrogen and oxygen atoms in total. The summed E-state index contributed by atoms with van der Waals surface area (Å²) in [4.78, 5) is 20.2. The number of nitrogens with zero attached hydrogens (tertiary/aromatic N) is 2. The highest BCUT2D eigenvalue weighted by atomic mass is 79.9. The second-order valence-corrected chi connectivity index (χ2v) is 5.55. The van der Waals surface area contributed by atoms with Gasteiger partial charge in [0.25, 0.3) is 0 Å². The van der Waals surface area contributed by atoms with Crippen molar-refractivity contribution in [3.63, 3.8) is 0 Å². The van der Waals surface area contributed by atoms with E-state index in [0.29, 0.717) is 17.1 Å². The van der Waals surface area contributed by atoms with Gasteiger partial charge >= 0.3 is 0 Å². The van der Waals surface area contributed by atoms with Gasteiger partial charge in [-0.1, -0.05) is 31.9 Å². The zero-order valence-corrected chi connectivity index (χ0v) is 13.2. The van der Waals surface area contributed by atoms with Crippen LogP contribution in [0.15, 0.2) is 39.5 Å². The van der Waals surface area contributed by atoms with Crippen LogP contribution in [0.3, 0.4) is 0 Å². The van der Waals surface area contributed by atoms with Crippen LogP contribution in [0.5, 0.6) is 5.88 Å². The van der Waals surface area contributed by atoms with Gasteiger partial charge in [0.2, 0.25) is 5.88 Å². The second-order valence-electron chi connectivity index (χ2n) is 3.78. The predicted octanol–water partition coefficient (Wildman–Crippen LogP) is 3.44. The average molecular weight is 386 g/mol. The van der Waals surface area contributed by atoms with Gasteiger partial charge in [-0.15, -0.1) is 0 Å². The van der Waals surface area contributed by atoms with Gasteiger partial charge in [-0.3, -0.25) is 4.79 Å². The van der Waals surface area contributed by atoms with E-state index in [1.165, 1.54) is 13.4 Å². The van der Waals surface area contributed by atoms with Gasteiger partial charge < -0.3 is 4.74 Å². The summed E-state index contributed by atoms with van der Waals surface area (Å²) >= 11 is 6.73. The normalized spacial score (nSPS) is 10.3. The van der Waals surface area contributed by atoms with Crippen molar-refractivity contribution in [3.8, 4) is 5.88 Å². The molecule has 0 amide bonds. The van der Waals surface area contributed by atoms with Crippen molar-refractivity contribution in [2.45, 2.75) is 6.42 Å². The molecule has 19 heavy (non-hydrogen) atoms. The minimum absolute atomic E-state index is 0.0138. The molecule has 0 aliphatic carbocycles. The monoisotopic (exact) mass is 384 g/mol. The Morgan fingerprint density at radius 1 is 1.26 bits per heavy atom. The molecule has 0 aliphatic rings. The molecular weight excluding hydrogens is 376 g/mol. The quantitative estimate of drug-likeness (QED) is 0.756. The van der Waals surface area contributed by atoms with Crippen molar-refractivity contribution in [1.29, 1.82) is 0 Å². The van der Waals surface area contributed by atoms with E-state index in [1.807, 2.05) is 12.1 Å². The van der Waals surface area contributed by atoms with Crippen LogP contribution < -0.4 is 4.74 Å². The van der Waals surface area contributed by atoms with Crippen molar-refractivity contribution >= 4 is 37.6 Å². The molecule has 2 rings (SSSR count). The van der Waals surface area contributed by atoms with E-state index in [4.69, 9.17) is 4.74 Å². The number of ketones is 1. The number of hydrogen-bond acceptors (Lipinski definition) is 4. The van der Waals surface area contributed by atoms with Crippen molar-refractivity contribution in [3.05, 3.63) is 50.8 Å². The molecule has 6 heteroatoms. The Bertz CT molecular complexity index is 617. The van der Waals surface area contributed by atoms with Crippen LogP contribution >= 0.6 is 31.9 Å². The molecule has 0 spiro atoms. The van der Waals surface area contributed by atoms with E-state index in [9.17, 15) is 4.79 Å². The first-order valence-corrected chi connectivity index (χ1v) is 7.02. The summed E-state index contributed by atoms with van der Waals surface area (Å²) in [6.07, 6.45) is 1.59. The van der Waals surface area contributed by atoms with E-state index in [-0.39, 0.29) is 12.2 Å². The maximum Gasteiger partial charge on any atom is 0.216 e. The minimum atomic E-state index is -0.0138. The van der Waals surface area contributed by atoms with Crippen molar-refractivity contribution < 1.29 is 9.53 Å². The Hall–Kier alpha value is -1.27. The van der Waals surface area contributed by atoms with E-state index in [0.717, 1.165) is 8.95 Å². The van der Waals surface area contributed by atoms with Gasteiger partial charge in [0.1, 0.15) is 6.33 Å². The van der Waals surface area contributed by atoms with Crippen LogP contribution in [0.1, 0.15) is 16.1 Å². The van der Waals surface area contributed by atoms with Gasteiger partial charge in [-0.25, -0.2) is 9.97 Å². The third kappa shape index (κ3) is 3.61.